The van der Waals surface area contributed by atoms with Crippen LogP contribution < -0.4 is 15.4 Å². The highest BCUT2D eigenvalue weighted by Gasteiger charge is 2.35. The van der Waals surface area contributed by atoms with E-state index in [9.17, 15) is 14.4 Å². The van der Waals surface area contributed by atoms with Crippen molar-refractivity contribution >= 4 is 23.4 Å². The first kappa shape index (κ1) is 23.0. The Balaban J connectivity index is 1.56. The van der Waals surface area contributed by atoms with Gasteiger partial charge in [-0.25, -0.2) is 0 Å². The van der Waals surface area contributed by atoms with Crippen LogP contribution in [0.25, 0.3) is 0 Å². The van der Waals surface area contributed by atoms with E-state index in [0.29, 0.717) is 25.4 Å². The van der Waals surface area contributed by atoms with E-state index in [2.05, 4.69) is 27.4 Å². The summed E-state index contributed by atoms with van der Waals surface area (Å²) >= 11 is 0. The smallest absolute Gasteiger partial charge is 0.243 e. The van der Waals surface area contributed by atoms with Crippen molar-refractivity contribution in [3.63, 3.8) is 0 Å². The zero-order valence-corrected chi connectivity index (χ0v) is 18.4. The summed E-state index contributed by atoms with van der Waals surface area (Å²) in [4.78, 5) is 44.0. The molecule has 0 spiro atoms. The van der Waals surface area contributed by atoms with Crippen molar-refractivity contribution in [2.75, 3.05) is 64.3 Å². The van der Waals surface area contributed by atoms with Gasteiger partial charge in [-0.05, 0) is 37.7 Å². The molecule has 2 aliphatic rings. The lowest BCUT2D eigenvalue weighted by Crippen LogP contribution is -2.60. The van der Waals surface area contributed by atoms with Gasteiger partial charge in [0.1, 0.15) is 11.8 Å². The summed E-state index contributed by atoms with van der Waals surface area (Å²) in [5, 5.41) is 5.58. The topological polar surface area (TPSA) is 94.2 Å². The molecule has 2 saturated heterocycles. The van der Waals surface area contributed by atoms with Crippen LogP contribution in [-0.4, -0.2) is 97.4 Å². The highest BCUT2D eigenvalue weighted by atomic mass is 16.5. The highest BCUT2D eigenvalue weighted by Crippen LogP contribution is 2.17. The Kier molecular flexibility index (Phi) is 8.25. The van der Waals surface area contributed by atoms with Crippen LogP contribution in [0.4, 0.5) is 5.69 Å². The van der Waals surface area contributed by atoms with E-state index >= 15 is 0 Å². The third-order valence-electron chi connectivity index (χ3n) is 5.75. The molecule has 2 N–H and O–H groups in total. The monoisotopic (exact) mass is 431 g/mol. The summed E-state index contributed by atoms with van der Waals surface area (Å²) in [5.41, 5.74) is 0.622. The molecule has 1 aromatic rings. The highest BCUT2D eigenvalue weighted by molar-refractivity contribution is 5.97. The zero-order chi connectivity index (χ0) is 22.2. The first-order chi connectivity index (χ1) is 15.0. The fraction of sp³-hybridized carbons (Fsp3) is 0.591. The lowest BCUT2D eigenvalue weighted by molar-refractivity contribution is -0.145. The zero-order valence-electron chi connectivity index (χ0n) is 18.4. The molecule has 0 unspecified atom stereocenters. The molecular weight excluding hydrogens is 398 g/mol. The summed E-state index contributed by atoms with van der Waals surface area (Å²) < 4.78 is 5.40. The van der Waals surface area contributed by atoms with Gasteiger partial charge in [-0.2, -0.15) is 0 Å². The fourth-order valence-electron chi connectivity index (χ4n) is 3.95. The van der Waals surface area contributed by atoms with Gasteiger partial charge in [-0.1, -0.05) is 6.92 Å². The minimum atomic E-state index is -0.791. The second kappa shape index (κ2) is 11.1. The van der Waals surface area contributed by atoms with Crippen molar-refractivity contribution in [1.82, 2.24) is 20.0 Å². The lowest BCUT2D eigenvalue weighted by Gasteiger charge is -2.38. The Morgan fingerprint density at radius 3 is 2.39 bits per heavy atom. The van der Waals surface area contributed by atoms with Crippen LogP contribution in [0.15, 0.2) is 24.3 Å². The number of hydrogen-bond acceptors (Lipinski definition) is 6. The van der Waals surface area contributed by atoms with Gasteiger partial charge in [-0.3, -0.25) is 19.3 Å². The Bertz CT molecular complexity index is 762. The SMILES string of the molecule is CCOc1ccc(NC(=O)C[C@H]2C(=O)NCCN2C(=O)CN2CCN(CC)CC2)cc1. The summed E-state index contributed by atoms with van der Waals surface area (Å²) in [7, 11) is 0. The van der Waals surface area contributed by atoms with Crippen molar-refractivity contribution in [3.05, 3.63) is 24.3 Å². The number of anilines is 1. The van der Waals surface area contributed by atoms with Crippen LogP contribution in [0.2, 0.25) is 0 Å². The van der Waals surface area contributed by atoms with Gasteiger partial charge in [0.2, 0.25) is 17.7 Å². The molecule has 2 heterocycles. The number of ether oxygens (including phenoxy) is 1. The molecule has 0 bridgehead atoms. The number of likely N-dealkylation sites (N-methyl/N-ethyl adjacent to an activating group) is 1. The van der Waals surface area contributed by atoms with Crippen LogP contribution in [0.1, 0.15) is 20.3 Å². The quantitative estimate of drug-likeness (QED) is 0.618. The molecular formula is C22H33N5O4. The van der Waals surface area contributed by atoms with Gasteiger partial charge in [0.05, 0.1) is 19.6 Å². The van der Waals surface area contributed by atoms with Crippen LogP contribution in [-0.2, 0) is 14.4 Å². The number of piperazine rings is 2. The molecule has 2 aliphatic heterocycles. The van der Waals surface area contributed by atoms with Gasteiger partial charge in [0, 0.05) is 45.0 Å². The van der Waals surface area contributed by atoms with Crippen LogP contribution in [0, 0.1) is 0 Å². The number of carbonyl (C=O) groups is 3. The largest absolute Gasteiger partial charge is 0.494 e. The first-order valence-electron chi connectivity index (χ1n) is 11.0. The molecule has 9 nitrogen and oxygen atoms in total. The molecule has 0 aliphatic carbocycles. The normalized spacial score (nSPS) is 20.3. The predicted molar refractivity (Wildman–Crippen MR) is 118 cm³/mol. The maximum Gasteiger partial charge on any atom is 0.243 e. The van der Waals surface area contributed by atoms with E-state index in [0.717, 1.165) is 38.5 Å². The molecule has 31 heavy (non-hydrogen) atoms. The molecule has 3 rings (SSSR count). The predicted octanol–water partition coefficient (Wildman–Crippen LogP) is 0.378. The van der Waals surface area contributed by atoms with Crippen LogP contribution in [0.3, 0.4) is 0 Å². The second-order valence-electron chi connectivity index (χ2n) is 7.81. The van der Waals surface area contributed by atoms with Crippen LogP contribution >= 0.6 is 0 Å². The van der Waals surface area contributed by atoms with E-state index in [-0.39, 0.29) is 30.7 Å². The molecule has 1 atom stereocenters. The van der Waals surface area contributed by atoms with Crippen molar-refractivity contribution in [3.8, 4) is 5.75 Å². The number of nitrogens with one attached hydrogen (secondary N) is 2. The van der Waals surface area contributed by atoms with E-state index in [1.54, 1.807) is 29.2 Å². The van der Waals surface area contributed by atoms with Gasteiger partial charge in [-0.15, -0.1) is 0 Å². The van der Waals surface area contributed by atoms with Gasteiger partial charge >= 0.3 is 0 Å². The summed E-state index contributed by atoms with van der Waals surface area (Å²) in [5.74, 6) is 0.0418. The van der Waals surface area contributed by atoms with Crippen molar-refractivity contribution < 1.29 is 19.1 Å². The van der Waals surface area contributed by atoms with Gasteiger partial charge < -0.3 is 25.2 Å². The molecule has 3 amide bonds. The Labute approximate surface area is 183 Å². The maximum absolute atomic E-state index is 13.0. The van der Waals surface area contributed by atoms with Gasteiger partial charge in [0.15, 0.2) is 0 Å². The molecule has 0 saturated carbocycles. The van der Waals surface area contributed by atoms with Crippen molar-refractivity contribution in [2.45, 2.75) is 26.3 Å². The summed E-state index contributed by atoms with van der Waals surface area (Å²) in [6.45, 7) is 10.3. The molecule has 0 radical (unpaired) electrons. The second-order valence-corrected chi connectivity index (χ2v) is 7.81. The minimum Gasteiger partial charge on any atom is -0.494 e. The van der Waals surface area contributed by atoms with E-state index in [1.807, 2.05) is 6.92 Å². The number of carbonyl (C=O) groups excluding carboxylic acids is 3. The number of benzene rings is 1. The average Bonchev–Trinajstić information content (AvgIpc) is 2.77. The molecule has 170 valence electrons. The molecule has 1 aromatic carbocycles. The maximum atomic E-state index is 13.0. The van der Waals surface area contributed by atoms with Crippen molar-refractivity contribution in [1.29, 1.82) is 0 Å². The van der Waals surface area contributed by atoms with E-state index in [1.165, 1.54) is 0 Å². The Hall–Kier alpha value is -2.65. The van der Waals surface area contributed by atoms with E-state index < -0.39 is 6.04 Å². The standard InChI is InChI=1S/C22H33N5O4/c1-3-25-11-13-26(14-12-25)16-21(29)27-10-9-23-22(30)19(27)15-20(28)24-17-5-7-18(8-6-17)31-4-2/h5-8,19H,3-4,9-16H2,1-2H3,(H,23,30)(H,24,28)/t19-/m0/s1. The van der Waals surface area contributed by atoms with Gasteiger partial charge in [0.25, 0.3) is 0 Å². The van der Waals surface area contributed by atoms with E-state index in [4.69, 9.17) is 4.74 Å². The summed E-state index contributed by atoms with van der Waals surface area (Å²) in [6.07, 6.45) is -0.0750. The van der Waals surface area contributed by atoms with Crippen molar-refractivity contribution in [2.24, 2.45) is 0 Å². The number of rotatable bonds is 8. The Morgan fingerprint density at radius 2 is 1.74 bits per heavy atom. The lowest BCUT2D eigenvalue weighted by atomic mass is 10.1. The first-order valence-corrected chi connectivity index (χ1v) is 11.0. The number of nitrogens with zero attached hydrogens (tertiary/aromatic N) is 3. The average molecular weight is 432 g/mol. The fourth-order valence-corrected chi connectivity index (χ4v) is 3.95. The number of amides is 3. The number of hydrogen-bond donors (Lipinski definition) is 2. The molecule has 9 heteroatoms. The third kappa shape index (κ3) is 6.41. The Morgan fingerprint density at radius 1 is 1.06 bits per heavy atom. The molecule has 0 aromatic heterocycles. The molecule has 2 fully saturated rings. The van der Waals surface area contributed by atoms with Crippen LogP contribution in [0.5, 0.6) is 5.75 Å². The minimum absolute atomic E-state index is 0.0750. The third-order valence-corrected chi connectivity index (χ3v) is 5.75. The summed E-state index contributed by atoms with van der Waals surface area (Å²) in [6, 6.07) is 6.27.